The average Bonchev–Trinajstić information content (AvgIpc) is 2.85. The molecule has 1 heterocycles. The molecule has 0 N–H and O–H groups in total. The van der Waals surface area contributed by atoms with Crippen LogP contribution >= 0.6 is 11.6 Å². The van der Waals surface area contributed by atoms with Crippen molar-refractivity contribution in [3.63, 3.8) is 0 Å². The van der Waals surface area contributed by atoms with E-state index in [9.17, 15) is 0 Å². The first kappa shape index (κ1) is 8.52. The van der Waals surface area contributed by atoms with Gasteiger partial charge in [0.1, 0.15) is 5.15 Å². The molecule has 1 aromatic rings. The quantitative estimate of drug-likeness (QED) is 0.642. The van der Waals surface area contributed by atoms with Gasteiger partial charge in [-0.2, -0.15) is 5.26 Å². The lowest BCUT2D eigenvalue weighted by Crippen LogP contribution is -2.05. The highest BCUT2D eigenvalue weighted by atomic mass is 35.5. The Morgan fingerprint density at radius 2 is 2.31 bits per heavy atom. The van der Waals surface area contributed by atoms with Crippen molar-refractivity contribution in [3.8, 4) is 6.07 Å². The van der Waals surface area contributed by atoms with E-state index in [1.54, 1.807) is 6.20 Å². The lowest BCUT2D eigenvalue weighted by Gasteiger charge is -2.08. The van der Waals surface area contributed by atoms with Crippen molar-refractivity contribution >= 4 is 11.6 Å². The number of nitriles is 1. The summed E-state index contributed by atoms with van der Waals surface area (Å²) < 4.78 is 0. The van der Waals surface area contributed by atoms with Gasteiger partial charge in [-0.3, -0.25) is 0 Å². The number of pyridine rings is 1. The normalized spacial score (nSPS) is 17.9. The van der Waals surface area contributed by atoms with Gasteiger partial charge in [0.2, 0.25) is 0 Å². The zero-order valence-electron chi connectivity index (χ0n) is 7.34. The molecule has 0 aliphatic heterocycles. The van der Waals surface area contributed by atoms with Gasteiger partial charge in [-0.15, -0.1) is 0 Å². The fourth-order valence-corrected chi connectivity index (χ4v) is 1.80. The first-order valence-corrected chi connectivity index (χ1v) is 4.60. The maximum Gasteiger partial charge on any atom is 0.129 e. The number of halogens is 1. The van der Waals surface area contributed by atoms with E-state index in [0.717, 1.165) is 24.0 Å². The van der Waals surface area contributed by atoms with Gasteiger partial charge in [0.05, 0.1) is 11.5 Å². The van der Waals surface area contributed by atoms with Gasteiger partial charge < -0.3 is 0 Å². The smallest absolute Gasteiger partial charge is 0.129 e. The first-order chi connectivity index (χ1) is 6.18. The molecule has 0 bridgehead atoms. The highest BCUT2D eigenvalue weighted by Gasteiger charge is 2.46. The summed E-state index contributed by atoms with van der Waals surface area (Å²) in [4.78, 5) is 4.01. The van der Waals surface area contributed by atoms with Gasteiger partial charge in [0, 0.05) is 6.20 Å². The van der Waals surface area contributed by atoms with E-state index in [0.29, 0.717) is 5.15 Å². The van der Waals surface area contributed by atoms with Crippen molar-refractivity contribution in [1.82, 2.24) is 4.98 Å². The van der Waals surface area contributed by atoms with Gasteiger partial charge in [-0.25, -0.2) is 4.98 Å². The molecule has 0 atom stereocenters. The standard InChI is InChI=1S/C10H9ClN2/c1-7-4-9(11)13-5-8(7)10(6-12)2-3-10/h4-5H,2-3H2,1H3. The van der Waals surface area contributed by atoms with Crippen molar-refractivity contribution in [2.45, 2.75) is 25.2 Å². The number of aromatic nitrogens is 1. The average molecular weight is 193 g/mol. The zero-order valence-corrected chi connectivity index (χ0v) is 8.10. The van der Waals surface area contributed by atoms with Crippen LogP contribution in [0.4, 0.5) is 0 Å². The Morgan fingerprint density at radius 3 is 2.77 bits per heavy atom. The molecule has 0 radical (unpaired) electrons. The van der Waals surface area contributed by atoms with Gasteiger partial charge in [-0.05, 0) is 37.0 Å². The highest BCUT2D eigenvalue weighted by Crippen LogP contribution is 2.48. The molecule has 1 aliphatic carbocycles. The highest BCUT2D eigenvalue weighted by molar-refractivity contribution is 6.29. The Labute approximate surface area is 82.2 Å². The van der Waals surface area contributed by atoms with E-state index < -0.39 is 0 Å². The fourth-order valence-electron chi connectivity index (χ4n) is 1.59. The molecule has 0 amide bonds. The van der Waals surface area contributed by atoms with Crippen LogP contribution < -0.4 is 0 Å². The summed E-state index contributed by atoms with van der Waals surface area (Å²) in [6.07, 6.45) is 3.63. The number of aryl methyl sites for hydroxylation is 1. The van der Waals surface area contributed by atoms with Gasteiger partial charge >= 0.3 is 0 Å². The number of rotatable bonds is 1. The molecule has 13 heavy (non-hydrogen) atoms. The van der Waals surface area contributed by atoms with Crippen LogP contribution in [0.15, 0.2) is 12.3 Å². The Balaban J connectivity index is 2.48. The zero-order chi connectivity index (χ0) is 9.47. The molecule has 1 aromatic heterocycles. The lowest BCUT2D eigenvalue weighted by atomic mass is 9.95. The van der Waals surface area contributed by atoms with Crippen molar-refractivity contribution in [1.29, 1.82) is 5.26 Å². The molecule has 2 nitrogen and oxygen atoms in total. The maximum atomic E-state index is 8.99. The molecular weight excluding hydrogens is 184 g/mol. The van der Waals surface area contributed by atoms with E-state index in [4.69, 9.17) is 16.9 Å². The minimum absolute atomic E-state index is 0.248. The number of nitrogens with zero attached hydrogens (tertiary/aromatic N) is 2. The van der Waals surface area contributed by atoms with Gasteiger partial charge in [0.15, 0.2) is 0 Å². The fraction of sp³-hybridized carbons (Fsp3) is 0.400. The Hall–Kier alpha value is -1.07. The summed E-state index contributed by atoms with van der Waals surface area (Å²) in [5, 5.41) is 9.49. The maximum absolute atomic E-state index is 8.99. The summed E-state index contributed by atoms with van der Waals surface area (Å²) >= 11 is 5.74. The lowest BCUT2D eigenvalue weighted by molar-refractivity contribution is 0.883. The van der Waals surface area contributed by atoms with Crippen LogP contribution in [0, 0.1) is 18.3 Å². The Kier molecular flexibility index (Phi) is 1.78. The minimum atomic E-state index is -0.248. The first-order valence-electron chi connectivity index (χ1n) is 4.22. The molecule has 1 aliphatic rings. The third kappa shape index (κ3) is 1.30. The van der Waals surface area contributed by atoms with E-state index >= 15 is 0 Å². The molecule has 0 spiro atoms. The second-order valence-corrected chi connectivity index (χ2v) is 3.90. The molecule has 2 rings (SSSR count). The van der Waals surface area contributed by atoms with Crippen molar-refractivity contribution in [2.75, 3.05) is 0 Å². The van der Waals surface area contributed by atoms with E-state index in [1.165, 1.54) is 0 Å². The molecule has 3 heteroatoms. The molecule has 0 saturated heterocycles. The van der Waals surface area contributed by atoms with Crippen molar-refractivity contribution < 1.29 is 0 Å². The van der Waals surface area contributed by atoms with Crippen LogP contribution in [0.5, 0.6) is 0 Å². The predicted molar refractivity (Wildman–Crippen MR) is 50.5 cm³/mol. The van der Waals surface area contributed by atoms with Gasteiger partial charge in [0.25, 0.3) is 0 Å². The summed E-state index contributed by atoms with van der Waals surface area (Å²) in [7, 11) is 0. The van der Waals surface area contributed by atoms with Crippen LogP contribution in [0.25, 0.3) is 0 Å². The molecule has 1 fully saturated rings. The summed E-state index contributed by atoms with van der Waals surface area (Å²) in [5.74, 6) is 0. The molecule has 1 saturated carbocycles. The SMILES string of the molecule is Cc1cc(Cl)ncc1C1(C#N)CC1. The topological polar surface area (TPSA) is 36.7 Å². The van der Waals surface area contributed by atoms with Crippen LogP contribution in [0.3, 0.4) is 0 Å². The third-order valence-electron chi connectivity index (χ3n) is 2.56. The number of hydrogen-bond donors (Lipinski definition) is 0. The van der Waals surface area contributed by atoms with E-state index in [-0.39, 0.29) is 5.41 Å². The molecule has 0 aromatic carbocycles. The Morgan fingerprint density at radius 1 is 1.62 bits per heavy atom. The second-order valence-electron chi connectivity index (χ2n) is 3.52. The Bertz CT molecular complexity index is 388. The molecular formula is C10H9ClN2. The minimum Gasteiger partial charge on any atom is -0.244 e. The largest absolute Gasteiger partial charge is 0.244 e. The molecule has 0 unspecified atom stereocenters. The van der Waals surface area contributed by atoms with E-state index in [1.807, 2.05) is 13.0 Å². The van der Waals surface area contributed by atoms with Crippen LogP contribution in [0.1, 0.15) is 24.0 Å². The van der Waals surface area contributed by atoms with Crippen LogP contribution in [0.2, 0.25) is 5.15 Å². The summed E-state index contributed by atoms with van der Waals surface area (Å²) in [6.45, 7) is 1.97. The van der Waals surface area contributed by atoms with Crippen molar-refractivity contribution in [3.05, 3.63) is 28.5 Å². The summed E-state index contributed by atoms with van der Waals surface area (Å²) in [6, 6.07) is 4.16. The third-order valence-corrected chi connectivity index (χ3v) is 2.76. The summed E-state index contributed by atoms with van der Waals surface area (Å²) in [5.41, 5.74) is 1.86. The van der Waals surface area contributed by atoms with Crippen LogP contribution in [-0.2, 0) is 5.41 Å². The van der Waals surface area contributed by atoms with Gasteiger partial charge in [-0.1, -0.05) is 11.6 Å². The van der Waals surface area contributed by atoms with Crippen molar-refractivity contribution in [2.24, 2.45) is 0 Å². The van der Waals surface area contributed by atoms with Crippen LogP contribution in [-0.4, -0.2) is 4.98 Å². The number of hydrogen-bond acceptors (Lipinski definition) is 2. The monoisotopic (exact) mass is 192 g/mol. The van der Waals surface area contributed by atoms with E-state index in [2.05, 4.69) is 11.1 Å². The predicted octanol–water partition coefficient (Wildman–Crippen LogP) is 2.60. The second kappa shape index (κ2) is 2.71. The molecule has 66 valence electrons.